The lowest BCUT2D eigenvalue weighted by molar-refractivity contribution is 0.292. The number of ether oxygens (including phenoxy) is 3. The smallest absolute Gasteiger partial charge is 0.399 e. The van der Waals surface area contributed by atoms with Gasteiger partial charge in [0.05, 0.1) is 19.9 Å². The van der Waals surface area contributed by atoms with E-state index in [-0.39, 0.29) is 6.08 Å². The van der Waals surface area contributed by atoms with Gasteiger partial charge in [0, 0.05) is 6.54 Å². The van der Waals surface area contributed by atoms with Gasteiger partial charge >= 0.3 is 6.08 Å². The molecule has 0 atom stereocenters. The van der Waals surface area contributed by atoms with Crippen LogP contribution in [0.1, 0.15) is 19.0 Å². The minimum atomic E-state index is 0.158. The van der Waals surface area contributed by atoms with E-state index in [1.807, 2.05) is 6.07 Å². The number of oxazole rings is 1. The second-order valence-corrected chi connectivity index (χ2v) is 4.38. The van der Waals surface area contributed by atoms with E-state index in [1.165, 1.54) is 0 Å². The molecule has 1 aromatic heterocycles. The van der Waals surface area contributed by atoms with Gasteiger partial charge in [0.1, 0.15) is 6.26 Å². The summed E-state index contributed by atoms with van der Waals surface area (Å²) in [5.41, 5.74) is 0.785. The molecule has 21 heavy (non-hydrogen) atoms. The Morgan fingerprint density at radius 3 is 2.52 bits per heavy atom. The highest BCUT2D eigenvalue weighted by molar-refractivity contribution is 5.52. The molecule has 0 bridgehead atoms. The van der Waals surface area contributed by atoms with Crippen LogP contribution in [0.4, 0.5) is 0 Å². The Bertz CT molecular complexity index is 546. The van der Waals surface area contributed by atoms with E-state index >= 15 is 0 Å². The van der Waals surface area contributed by atoms with Crippen LogP contribution >= 0.6 is 0 Å². The lowest BCUT2D eigenvalue weighted by Gasteiger charge is -2.11. The van der Waals surface area contributed by atoms with Crippen LogP contribution in [-0.2, 0) is 6.54 Å². The monoisotopic (exact) mass is 292 g/mol. The van der Waals surface area contributed by atoms with Crippen LogP contribution in [0.3, 0.4) is 0 Å². The number of hydrogen-bond donors (Lipinski definition) is 1. The van der Waals surface area contributed by atoms with Crippen molar-refractivity contribution in [3.05, 3.63) is 30.2 Å². The van der Waals surface area contributed by atoms with Crippen molar-refractivity contribution in [1.29, 1.82) is 0 Å². The number of nitrogens with zero attached hydrogens (tertiary/aromatic N) is 1. The van der Waals surface area contributed by atoms with E-state index in [0.717, 1.165) is 18.7 Å². The summed E-state index contributed by atoms with van der Waals surface area (Å²) >= 11 is 0. The highest BCUT2D eigenvalue weighted by Gasteiger charge is 2.15. The van der Waals surface area contributed by atoms with E-state index in [1.54, 1.807) is 32.6 Å². The van der Waals surface area contributed by atoms with Crippen LogP contribution < -0.4 is 19.5 Å². The van der Waals surface area contributed by atoms with Crippen molar-refractivity contribution in [1.82, 2.24) is 10.3 Å². The fourth-order valence-electron chi connectivity index (χ4n) is 1.81. The van der Waals surface area contributed by atoms with Gasteiger partial charge < -0.3 is 23.9 Å². The fourth-order valence-corrected chi connectivity index (χ4v) is 1.81. The Labute approximate surface area is 124 Å². The zero-order chi connectivity index (χ0) is 15.1. The minimum Gasteiger partial charge on any atom is -0.493 e. The van der Waals surface area contributed by atoms with Gasteiger partial charge in [-0.3, -0.25) is 0 Å². The first-order valence-electron chi connectivity index (χ1n) is 6.82. The van der Waals surface area contributed by atoms with Crippen LogP contribution in [-0.4, -0.2) is 25.7 Å². The highest BCUT2D eigenvalue weighted by atomic mass is 16.6. The molecule has 6 heteroatoms. The molecule has 0 fully saturated rings. The molecule has 0 saturated heterocycles. The highest BCUT2D eigenvalue weighted by Crippen LogP contribution is 2.39. The van der Waals surface area contributed by atoms with E-state index in [2.05, 4.69) is 17.2 Å². The van der Waals surface area contributed by atoms with E-state index in [4.69, 9.17) is 18.6 Å². The maximum Gasteiger partial charge on any atom is 0.399 e. The first-order chi connectivity index (χ1) is 10.3. The van der Waals surface area contributed by atoms with Gasteiger partial charge in [-0.1, -0.05) is 13.0 Å². The lowest BCUT2D eigenvalue weighted by Crippen LogP contribution is -2.13. The summed E-state index contributed by atoms with van der Waals surface area (Å²) in [5.74, 6) is 1.55. The molecule has 0 spiro atoms. The van der Waals surface area contributed by atoms with Crippen molar-refractivity contribution in [2.24, 2.45) is 0 Å². The number of aromatic nitrogens is 1. The zero-order valence-electron chi connectivity index (χ0n) is 12.5. The summed E-state index contributed by atoms with van der Waals surface area (Å²) in [6.07, 6.45) is 2.80. The molecule has 0 aliphatic carbocycles. The maximum absolute atomic E-state index is 5.65. The third kappa shape index (κ3) is 3.88. The Kier molecular flexibility index (Phi) is 5.45. The normalized spacial score (nSPS) is 10.4. The standard InChI is InChI=1S/C15H20N2O4/c1-4-8-16-9-11-10-20-15(17-11)21-14-12(18-2)6-5-7-13(14)19-3/h5-7,10,16H,4,8-9H2,1-3H3. The van der Waals surface area contributed by atoms with Gasteiger partial charge in [0.2, 0.25) is 5.75 Å². The largest absolute Gasteiger partial charge is 0.493 e. The van der Waals surface area contributed by atoms with Gasteiger partial charge in [0.25, 0.3) is 0 Å². The maximum atomic E-state index is 5.65. The molecular weight excluding hydrogens is 272 g/mol. The van der Waals surface area contributed by atoms with Gasteiger partial charge in [0.15, 0.2) is 11.5 Å². The Morgan fingerprint density at radius 1 is 1.19 bits per heavy atom. The molecule has 0 unspecified atom stereocenters. The molecule has 1 N–H and O–H groups in total. The summed E-state index contributed by atoms with van der Waals surface area (Å²) in [7, 11) is 3.13. The molecule has 1 aromatic carbocycles. The molecule has 6 nitrogen and oxygen atoms in total. The number of rotatable bonds is 8. The van der Waals surface area contributed by atoms with Crippen LogP contribution in [0.25, 0.3) is 0 Å². The number of nitrogens with one attached hydrogen (secondary N) is 1. The van der Waals surface area contributed by atoms with Gasteiger partial charge in [-0.05, 0) is 25.1 Å². The SMILES string of the molecule is CCCNCc1coc(Oc2c(OC)cccc2OC)n1. The van der Waals surface area contributed by atoms with Gasteiger partial charge in [-0.2, -0.15) is 4.98 Å². The Balaban J connectivity index is 2.11. The second kappa shape index (κ2) is 7.54. The summed E-state index contributed by atoms with van der Waals surface area (Å²) in [6, 6.07) is 5.38. The summed E-state index contributed by atoms with van der Waals surface area (Å²) in [5, 5.41) is 3.25. The van der Waals surface area contributed by atoms with Crippen molar-refractivity contribution in [3.8, 4) is 23.3 Å². The van der Waals surface area contributed by atoms with Crippen molar-refractivity contribution in [2.45, 2.75) is 19.9 Å². The molecule has 1 heterocycles. The van der Waals surface area contributed by atoms with E-state index in [0.29, 0.717) is 23.8 Å². The van der Waals surface area contributed by atoms with Gasteiger partial charge in [-0.15, -0.1) is 0 Å². The number of para-hydroxylation sites is 1. The number of hydrogen-bond acceptors (Lipinski definition) is 6. The van der Waals surface area contributed by atoms with Crippen LogP contribution in [0.15, 0.2) is 28.9 Å². The molecule has 0 aliphatic rings. The third-order valence-electron chi connectivity index (χ3n) is 2.84. The lowest BCUT2D eigenvalue weighted by atomic mass is 10.3. The van der Waals surface area contributed by atoms with E-state index in [9.17, 15) is 0 Å². The van der Waals surface area contributed by atoms with Crippen molar-refractivity contribution >= 4 is 0 Å². The second-order valence-electron chi connectivity index (χ2n) is 4.38. The first-order valence-corrected chi connectivity index (χ1v) is 6.82. The summed E-state index contributed by atoms with van der Waals surface area (Å²) in [4.78, 5) is 4.27. The Morgan fingerprint density at radius 2 is 1.90 bits per heavy atom. The van der Waals surface area contributed by atoms with Crippen LogP contribution in [0.2, 0.25) is 0 Å². The first kappa shape index (κ1) is 15.2. The predicted molar refractivity (Wildman–Crippen MR) is 78.1 cm³/mol. The molecule has 2 rings (SSSR count). The summed E-state index contributed by atoms with van der Waals surface area (Å²) in [6.45, 7) is 3.69. The van der Waals surface area contributed by atoms with Crippen molar-refractivity contribution in [3.63, 3.8) is 0 Å². The van der Waals surface area contributed by atoms with Crippen molar-refractivity contribution < 1.29 is 18.6 Å². The number of methoxy groups -OCH3 is 2. The van der Waals surface area contributed by atoms with E-state index < -0.39 is 0 Å². The topological polar surface area (TPSA) is 65.8 Å². The fraction of sp³-hybridized carbons (Fsp3) is 0.400. The zero-order valence-corrected chi connectivity index (χ0v) is 12.5. The van der Waals surface area contributed by atoms with Crippen molar-refractivity contribution in [2.75, 3.05) is 20.8 Å². The van der Waals surface area contributed by atoms with Gasteiger partial charge in [-0.25, -0.2) is 0 Å². The molecule has 2 aromatic rings. The molecule has 0 saturated carbocycles. The summed E-state index contributed by atoms with van der Waals surface area (Å²) < 4.78 is 21.5. The minimum absolute atomic E-state index is 0.158. The third-order valence-corrected chi connectivity index (χ3v) is 2.84. The quantitative estimate of drug-likeness (QED) is 0.755. The average molecular weight is 292 g/mol. The molecule has 0 amide bonds. The number of benzene rings is 1. The molecule has 0 radical (unpaired) electrons. The van der Waals surface area contributed by atoms with Crippen LogP contribution in [0, 0.1) is 0 Å². The average Bonchev–Trinajstić information content (AvgIpc) is 2.95. The molecular formula is C15H20N2O4. The van der Waals surface area contributed by atoms with Crippen LogP contribution in [0.5, 0.6) is 23.3 Å². The molecule has 114 valence electrons. The molecule has 0 aliphatic heterocycles. The Hall–Kier alpha value is -2.21. The predicted octanol–water partition coefficient (Wildman–Crippen LogP) is 2.98.